The van der Waals surface area contributed by atoms with Crippen molar-refractivity contribution in [3.8, 4) is 11.8 Å². The lowest BCUT2D eigenvalue weighted by molar-refractivity contribution is -0.146. The Morgan fingerprint density at radius 3 is 2.55 bits per heavy atom. The Morgan fingerprint density at radius 1 is 1.14 bits per heavy atom. The van der Waals surface area contributed by atoms with E-state index in [0.29, 0.717) is 15.0 Å². The molecule has 2 aromatic carbocycles. The van der Waals surface area contributed by atoms with Crippen LogP contribution in [-0.2, 0) is 9.59 Å². The maximum Gasteiger partial charge on any atom is 0.404 e. The van der Waals surface area contributed by atoms with E-state index in [1.807, 2.05) is 6.07 Å². The van der Waals surface area contributed by atoms with Gasteiger partial charge in [0.1, 0.15) is 5.75 Å². The number of benzene rings is 2. The molecule has 0 unspecified atom stereocenters. The minimum atomic E-state index is -1.17. The van der Waals surface area contributed by atoms with Gasteiger partial charge in [-0.05, 0) is 36.4 Å². The lowest BCUT2D eigenvalue weighted by Gasteiger charge is -2.13. The molecule has 0 saturated carbocycles. The summed E-state index contributed by atoms with van der Waals surface area (Å²) in [7, 11) is 0. The Balaban J connectivity index is 2.13. The van der Waals surface area contributed by atoms with Crippen molar-refractivity contribution >= 4 is 40.9 Å². The monoisotopic (exact) mass is 334 g/mol. The van der Waals surface area contributed by atoms with Gasteiger partial charge in [-0.1, -0.05) is 23.7 Å². The van der Waals surface area contributed by atoms with Gasteiger partial charge >= 0.3 is 11.9 Å². The molecule has 0 spiro atoms. The highest BCUT2D eigenvalue weighted by Crippen LogP contribution is 2.20. The van der Waals surface area contributed by atoms with Gasteiger partial charge in [0, 0.05) is 16.8 Å². The zero-order valence-electron chi connectivity index (χ0n) is 11.0. The topological polar surface area (TPSA) is 70.4 Å². The van der Waals surface area contributed by atoms with Crippen LogP contribution in [0.2, 0.25) is 5.02 Å². The van der Waals surface area contributed by atoms with Gasteiger partial charge in [-0.2, -0.15) is 5.26 Å². The standard InChI is InChI=1S/C15H8Cl2N2O3/c16-11-4-2-6-13(8-11)22-15(21)14(20)19(17)12-5-1-3-10(7-12)9-18/h1-8H. The summed E-state index contributed by atoms with van der Waals surface area (Å²) in [5.74, 6) is -2.13. The van der Waals surface area contributed by atoms with Crippen molar-refractivity contribution < 1.29 is 14.3 Å². The number of hydrogen-bond acceptors (Lipinski definition) is 4. The summed E-state index contributed by atoms with van der Waals surface area (Å²) in [5, 5.41) is 9.17. The molecule has 7 heteroatoms. The Kier molecular flexibility index (Phi) is 4.99. The Bertz CT molecular complexity index is 771. The first kappa shape index (κ1) is 15.8. The van der Waals surface area contributed by atoms with Crippen LogP contribution in [0.4, 0.5) is 5.69 Å². The molecule has 2 aromatic rings. The molecule has 0 aliphatic carbocycles. The lowest BCUT2D eigenvalue weighted by Crippen LogP contribution is -2.32. The summed E-state index contributed by atoms with van der Waals surface area (Å²) in [6.07, 6.45) is 0. The van der Waals surface area contributed by atoms with Crippen LogP contribution in [0, 0.1) is 11.3 Å². The van der Waals surface area contributed by atoms with Gasteiger partial charge in [-0.15, -0.1) is 0 Å². The molecular formula is C15H8Cl2N2O3. The molecule has 0 saturated heterocycles. The van der Waals surface area contributed by atoms with Gasteiger partial charge in [0.05, 0.1) is 17.3 Å². The second-order valence-electron chi connectivity index (χ2n) is 4.10. The van der Waals surface area contributed by atoms with Gasteiger partial charge in [0.15, 0.2) is 0 Å². The number of ether oxygens (including phenoxy) is 1. The first-order valence-electron chi connectivity index (χ1n) is 5.99. The van der Waals surface area contributed by atoms with E-state index >= 15 is 0 Å². The van der Waals surface area contributed by atoms with Crippen LogP contribution in [0.25, 0.3) is 0 Å². The van der Waals surface area contributed by atoms with E-state index in [2.05, 4.69) is 0 Å². The highest BCUT2D eigenvalue weighted by molar-refractivity contribution is 6.51. The lowest BCUT2D eigenvalue weighted by atomic mass is 10.2. The van der Waals surface area contributed by atoms with E-state index in [0.717, 1.165) is 0 Å². The maximum atomic E-state index is 11.9. The highest BCUT2D eigenvalue weighted by atomic mass is 35.5. The Hall–Kier alpha value is -2.55. The number of anilines is 1. The molecule has 0 aliphatic rings. The third-order valence-corrected chi connectivity index (χ3v) is 3.15. The minimum Gasteiger partial charge on any atom is -0.419 e. The van der Waals surface area contributed by atoms with Crippen LogP contribution in [0.5, 0.6) is 5.75 Å². The Labute approximate surface area is 136 Å². The van der Waals surface area contributed by atoms with Crippen LogP contribution < -0.4 is 9.16 Å². The van der Waals surface area contributed by atoms with Crippen molar-refractivity contribution in [2.75, 3.05) is 4.42 Å². The summed E-state index contributed by atoms with van der Waals surface area (Å²) >= 11 is 11.6. The number of halogens is 2. The molecule has 1 amide bonds. The molecule has 0 fully saturated rings. The zero-order valence-corrected chi connectivity index (χ0v) is 12.5. The normalized spacial score (nSPS) is 9.68. The number of hydrogen-bond donors (Lipinski definition) is 0. The Morgan fingerprint density at radius 2 is 1.86 bits per heavy atom. The van der Waals surface area contributed by atoms with Crippen molar-refractivity contribution in [2.24, 2.45) is 0 Å². The average Bonchev–Trinajstić information content (AvgIpc) is 2.53. The second-order valence-corrected chi connectivity index (χ2v) is 4.87. The average molecular weight is 335 g/mol. The molecule has 22 heavy (non-hydrogen) atoms. The SMILES string of the molecule is N#Cc1cccc(N(Cl)C(=O)C(=O)Oc2cccc(Cl)c2)c1. The smallest absolute Gasteiger partial charge is 0.404 e. The third kappa shape index (κ3) is 3.76. The van der Waals surface area contributed by atoms with E-state index in [1.54, 1.807) is 24.3 Å². The fraction of sp³-hybridized carbons (Fsp3) is 0. The summed E-state index contributed by atoms with van der Waals surface area (Å²) in [5.41, 5.74) is 0.493. The summed E-state index contributed by atoms with van der Waals surface area (Å²) < 4.78 is 5.48. The largest absolute Gasteiger partial charge is 0.419 e. The van der Waals surface area contributed by atoms with Crippen LogP contribution in [-0.4, -0.2) is 11.9 Å². The molecule has 0 N–H and O–H groups in total. The van der Waals surface area contributed by atoms with E-state index in [1.165, 1.54) is 24.3 Å². The molecule has 0 aliphatic heterocycles. The molecule has 0 heterocycles. The minimum absolute atomic E-state index is 0.127. The van der Waals surface area contributed by atoms with Gasteiger partial charge in [0.2, 0.25) is 0 Å². The first-order valence-corrected chi connectivity index (χ1v) is 6.70. The molecule has 2 rings (SSSR count). The van der Waals surface area contributed by atoms with E-state index in [9.17, 15) is 9.59 Å². The molecule has 0 atom stereocenters. The molecule has 5 nitrogen and oxygen atoms in total. The van der Waals surface area contributed by atoms with Crippen molar-refractivity contribution in [1.82, 2.24) is 0 Å². The number of nitrogens with zero attached hydrogens (tertiary/aromatic N) is 2. The van der Waals surface area contributed by atoms with Gasteiger partial charge in [-0.3, -0.25) is 4.79 Å². The van der Waals surface area contributed by atoms with E-state index in [-0.39, 0.29) is 11.4 Å². The summed E-state index contributed by atoms with van der Waals surface area (Å²) in [4.78, 5) is 23.7. The molecule has 0 radical (unpaired) electrons. The van der Waals surface area contributed by atoms with Crippen LogP contribution >= 0.6 is 23.4 Å². The predicted molar refractivity (Wildman–Crippen MR) is 81.6 cm³/mol. The highest BCUT2D eigenvalue weighted by Gasteiger charge is 2.24. The molecule has 110 valence electrons. The first-order chi connectivity index (χ1) is 10.5. The number of esters is 1. The number of nitriles is 1. The van der Waals surface area contributed by atoms with Crippen molar-refractivity contribution in [2.45, 2.75) is 0 Å². The number of amides is 1. The van der Waals surface area contributed by atoms with Crippen LogP contribution in [0.15, 0.2) is 48.5 Å². The number of carbonyl (C=O) groups excluding carboxylic acids is 2. The fourth-order valence-corrected chi connectivity index (χ4v) is 1.93. The van der Waals surface area contributed by atoms with Gasteiger partial charge in [-0.25, -0.2) is 9.21 Å². The number of carbonyl (C=O) groups is 2. The van der Waals surface area contributed by atoms with Gasteiger partial charge < -0.3 is 4.74 Å². The van der Waals surface area contributed by atoms with Crippen molar-refractivity contribution in [3.05, 3.63) is 59.1 Å². The van der Waals surface area contributed by atoms with E-state index in [4.69, 9.17) is 33.4 Å². The third-order valence-electron chi connectivity index (χ3n) is 2.56. The van der Waals surface area contributed by atoms with Crippen molar-refractivity contribution in [3.63, 3.8) is 0 Å². The van der Waals surface area contributed by atoms with Gasteiger partial charge in [0.25, 0.3) is 0 Å². The fourth-order valence-electron chi connectivity index (χ4n) is 1.58. The zero-order chi connectivity index (χ0) is 16.1. The summed E-state index contributed by atoms with van der Waals surface area (Å²) in [6.45, 7) is 0. The van der Waals surface area contributed by atoms with E-state index < -0.39 is 11.9 Å². The number of rotatable bonds is 2. The summed E-state index contributed by atoms with van der Waals surface area (Å²) in [6, 6.07) is 13.9. The molecular weight excluding hydrogens is 327 g/mol. The second kappa shape index (κ2) is 6.94. The maximum absolute atomic E-state index is 11.9. The van der Waals surface area contributed by atoms with Crippen molar-refractivity contribution in [1.29, 1.82) is 5.26 Å². The van der Waals surface area contributed by atoms with Crippen LogP contribution in [0.3, 0.4) is 0 Å². The predicted octanol–water partition coefficient (Wildman–Crippen LogP) is 3.30. The molecule has 0 aromatic heterocycles. The quantitative estimate of drug-likeness (QED) is 0.365. The molecule has 0 bridgehead atoms. The van der Waals surface area contributed by atoms with Crippen LogP contribution in [0.1, 0.15) is 5.56 Å².